The zero-order valence-corrected chi connectivity index (χ0v) is 30.1. The minimum atomic E-state index is -4.08. The third-order valence-corrected chi connectivity index (χ3v) is 11.9. The molecule has 5 rings (SSSR count). The van der Waals surface area contributed by atoms with Crippen molar-refractivity contribution in [2.45, 2.75) is 114 Å². The Bertz CT molecular complexity index is 1740. The Hall–Kier alpha value is -4.20. The van der Waals surface area contributed by atoms with E-state index in [0.29, 0.717) is 25.1 Å². The smallest absolute Gasteiger partial charge is 0.407 e. The van der Waals surface area contributed by atoms with Gasteiger partial charge in [-0.1, -0.05) is 38.0 Å². The first-order valence-corrected chi connectivity index (χ1v) is 19.0. The monoisotopic (exact) mass is 711 g/mol. The predicted molar refractivity (Wildman–Crippen MR) is 188 cm³/mol. The number of rotatable bonds is 8. The Morgan fingerprint density at radius 3 is 2.66 bits per heavy atom. The number of sulfonamides is 1. The summed E-state index contributed by atoms with van der Waals surface area (Å²) in [5, 5.41) is 7.27. The highest BCUT2D eigenvalue weighted by molar-refractivity contribution is 7.91. The molecule has 272 valence electrons. The van der Waals surface area contributed by atoms with Crippen molar-refractivity contribution < 1.29 is 37.1 Å². The molecule has 1 saturated heterocycles. The van der Waals surface area contributed by atoms with E-state index in [4.69, 9.17) is 9.47 Å². The number of nitrogens with one attached hydrogen (secondary N) is 3. The number of hydrogen-bond donors (Lipinski definition) is 3. The van der Waals surface area contributed by atoms with Crippen molar-refractivity contribution in [3.8, 4) is 5.88 Å². The summed E-state index contributed by atoms with van der Waals surface area (Å²) in [4.78, 5) is 60.7. The molecule has 1 aromatic heterocycles. The lowest BCUT2D eigenvalue weighted by molar-refractivity contribution is -0.141. The van der Waals surface area contributed by atoms with Crippen LogP contribution in [0.1, 0.15) is 84.6 Å². The van der Waals surface area contributed by atoms with Crippen molar-refractivity contribution in [3.05, 3.63) is 48.7 Å². The fourth-order valence-electron chi connectivity index (χ4n) is 6.50. The molecule has 50 heavy (non-hydrogen) atoms. The molecule has 3 heterocycles. The highest BCUT2D eigenvalue weighted by Crippen LogP contribution is 2.45. The summed E-state index contributed by atoms with van der Waals surface area (Å²) in [6, 6.07) is 5.95. The highest BCUT2D eigenvalue weighted by atomic mass is 32.2. The molecule has 0 spiro atoms. The topological polar surface area (TPSA) is 173 Å². The molecule has 3 N–H and O–H groups in total. The molecule has 4 amide bonds. The molecule has 4 bridgehead atoms. The van der Waals surface area contributed by atoms with Gasteiger partial charge in [-0.3, -0.25) is 19.1 Å². The third kappa shape index (κ3) is 8.06. The van der Waals surface area contributed by atoms with Crippen molar-refractivity contribution in [2.24, 2.45) is 5.92 Å². The van der Waals surface area contributed by atoms with E-state index in [1.807, 2.05) is 25.1 Å². The van der Waals surface area contributed by atoms with E-state index in [1.165, 1.54) is 31.7 Å². The lowest BCUT2D eigenvalue weighted by atomic mass is 10.0. The number of benzene rings is 1. The first-order valence-electron chi connectivity index (χ1n) is 17.5. The maximum Gasteiger partial charge on any atom is 0.407 e. The van der Waals surface area contributed by atoms with Crippen LogP contribution in [0.3, 0.4) is 0 Å². The Labute approximate surface area is 294 Å². The second kappa shape index (κ2) is 15.0. The molecule has 1 saturated carbocycles. The number of cyclic esters (lactones) is 1. The van der Waals surface area contributed by atoms with E-state index >= 15 is 0 Å². The van der Waals surface area contributed by atoms with Gasteiger partial charge in [0.25, 0.3) is 5.91 Å². The van der Waals surface area contributed by atoms with E-state index in [-0.39, 0.29) is 26.0 Å². The lowest BCUT2D eigenvalue weighted by Crippen LogP contribution is -2.59. The molecule has 1 aliphatic carbocycles. The molecule has 0 radical (unpaired) electrons. The first-order chi connectivity index (χ1) is 23.7. The van der Waals surface area contributed by atoms with Crippen LogP contribution in [-0.2, 0) is 35.6 Å². The summed E-state index contributed by atoms with van der Waals surface area (Å²) in [6.45, 7) is 10.3. The summed E-state index contributed by atoms with van der Waals surface area (Å²) < 4.78 is 38.5. The van der Waals surface area contributed by atoms with E-state index in [0.717, 1.165) is 42.0 Å². The van der Waals surface area contributed by atoms with E-state index < -0.39 is 68.2 Å². The van der Waals surface area contributed by atoms with E-state index in [2.05, 4.69) is 33.0 Å². The lowest BCUT2D eigenvalue weighted by Gasteiger charge is -2.30. The number of aromatic nitrogens is 1. The summed E-state index contributed by atoms with van der Waals surface area (Å²) >= 11 is 0. The van der Waals surface area contributed by atoms with Crippen molar-refractivity contribution in [3.63, 3.8) is 0 Å². The van der Waals surface area contributed by atoms with Crippen LogP contribution in [0, 0.1) is 5.92 Å². The van der Waals surface area contributed by atoms with Crippen molar-refractivity contribution >= 4 is 44.6 Å². The zero-order chi connectivity index (χ0) is 36.3. The Kier molecular flexibility index (Phi) is 11.1. The number of ether oxygens (including phenoxy) is 2. The van der Waals surface area contributed by atoms with Gasteiger partial charge in [0.1, 0.15) is 23.7 Å². The molecular weight excluding hydrogens is 662 g/mol. The van der Waals surface area contributed by atoms with Crippen LogP contribution in [0.4, 0.5) is 4.79 Å². The predicted octanol–water partition coefficient (Wildman–Crippen LogP) is 3.90. The SMILES string of the molecule is C=C[C@@H]1CC1(NC(=O)[C@@H]1C[C@@H]2CN1C(=O)[C@H](CCCC)NC(=O)OCCCCCc1ccc3ccnc(c3c1)O2)C(=O)NS(=O)(=O)C(C)(C)C. The van der Waals surface area contributed by atoms with Crippen molar-refractivity contribution in [1.82, 2.24) is 25.2 Å². The third-order valence-electron chi connectivity index (χ3n) is 9.78. The summed E-state index contributed by atoms with van der Waals surface area (Å²) in [6.07, 6.45) is 6.95. The number of aryl methyl sites for hydroxylation is 1. The average Bonchev–Trinajstić information content (AvgIpc) is 3.62. The number of carbonyl (C=O) groups excluding carboxylic acids is 4. The summed E-state index contributed by atoms with van der Waals surface area (Å²) in [5.41, 5.74) is -0.457. The minimum Gasteiger partial charge on any atom is -0.472 e. The fraction of sp³-hybridized carbons (Fsp3) is 0.583. The van der Waals surface area contributed by atoms with Crippen molar-refractivity contribution in [2.75, 3.05) is 13.2 Å². The van der Waals surface area contributed by atoms with Gasteiger partial charge in [0.2, 0.25) is 27.7 Å². The quantitative estimate of drug-likeness (QED) is 0.344. The highest BCUT2D eigenvalue weighted by Gasteiger charge is 2.62. The number of pyridine rings is 1. The molecular formula is C36H49N5O8S. The maximum absolute atomic E-state index is 14.3. The number of hydrogen-bond acceptors (Lipinski definition) is 9. The largest absolute Gasteiger partial charge is 0.472 e. The minimum absolute atomic E-state index is 0.0104. The molecule has 3 aliphatic rings. The molecule has 2 aromatic rings. The summed E-state index contributed by atoms with van der Waals surface area (Å²) in [5.74, 6) is -2.14. The zero-order valence-electron chi connectivity index (χ0n) is 29.3. The van der Waals surface area contributed by atoms with Gasteiger partial charge in [0.05, 0.1) is 17.9 Å². The second-order valence-corrected chi connectivity index (χ2v) is 16.9. The number of unbranched alkanes of at least 4 members (excludes halogenated alkanes) is 1. The molecule has 1 aromatic carbocycles. The van der Waals surface area contributed by atoms with Crippen LogP contribution in [0.15, 0.2) is 43.1 Å². The molecule has 2 aliphatic heterocycles. The first kappa shape index (κ1) is 37.1. The van der Waals surface area contributed by atoms with E-state index in [1.54, 1.807) is 6.20 Å². The normalized spacial score (nSPS) is 26.2. The van der Waals surface area contributed by atoms with Crippen LogP contribution < -0.4 is 20.1 Å². The molecule has 2 fully saturated rings. The van der Waals surface area contributed by atoms with Gasteiger partial charge in [0.15, 0.2) is 0 Å². The number of amides is 4. The number of carbonyl (C=O) groups is 4. The number of nitrogens with zero attached hydrogens (tertiary/aromatic N) is 2. The van der Waals surface area contributed by atoms with Crippen molar-refractivity contribution in [1.29, 1.82) is 0 Å². The van der Waals surface area contributed by atoms with Gasteiger partial charge in [0, 0.05) is 23.9 Å². The van der Waals surface area contributed by atoms with E-state index in [9.17, 15) is 27.6 Å². The van der Waals surface area contributed by atoms with Gasteiger partial charge in [-0.25, -0.2) is 18.2 Å². The Morgan fingerprint density at radius 1 is 1.18 bits per heavy atom. The fourth-order valence-corrected chi connectivity index (χ4v) is 7.23. The molecule has 5 atom stereocenters. The average molecular weight is 712 g/mol. The maximum atomic E-state index is 14.3. The van der Waals surface area contributed by atoms with Crippen LogP contribution in [0.5, 0.6) is 5.88 Å². The van der Waals surface area contributed by atoms with Crippen LogP contribution in [0.2, 0.25) is 0 Å². The second-order valence-electron chi connectivity index (χ2n) is 14.5. The Morgan fingerprint density at radius 2 is 1.96 bits per heavy atom. The van der Waals surface area contributed by atoms with Crippen LogP contribution >= 0.6 is 0 Å². The van der Waals surface area contributed by atoms with Gasteiger partial charge >= 0.3 is 6.09 Å². The number of fused-ring (bicyclic) bond motifs is 3. The van der Waals surface area contributed by atoms with Gasteiger partial charge in [-0.15, -0.1) is 6.58 Å². The molecule has 1 unspecified atom stereocenters. The van der Waals surface area contributed by atoms with Gasteiger partial charge in [-0.2, -0.15) is 0 Å². The van der Waals surface area contributed by atoms with Crippen LogP contribution in [-0.4, -0.2) is 83.7 Å². The Balaban J connectivity index is 1.47. The van der Waals surface area contributed by atoms with Gasteiger partial charge in [-0.05, 0) is 82.4 Å². The van der Waals surface area contributed by atoms with Crippen LogP contribution in [0.25, 0.3) is 10.8 Å². The molecule has 14 heteroatoms. The number of alkyl carbamates (subject to hydrolysis) is 1. The molecule has 13 nitrogen and oxygen atoms in total. The van der Waals surface area contributed by atoms with Gasteiger partial charge < -0.3 is 25.0 Å². The standard InChI is InChI=1S/C36H49N5O8S/c1-6-8-13-28-32(43)41-22-26(20-29(41)30(42)39-36(21-25(36)7-2)33(44)40-50(46,47)35(3,4)5)49-31-27-19-23(14-15-24(27)16-17-37-31)12-10-9-11-18-48-34(45)38-28/h7,14-17,19,25-26,28-29H,2,6,8-13,18,20-22H2,1,3-5H3,(H,38,45)(H,39,42)(H,40,44)/t25-,26-,28+,29+,36?/m1/s1. The summed E-state index contributed by atoms with van der Waals surface area (Å²) in [7, 11) is -4.08.